The Morgan fingerprint density at radius 1 is 1.03 bits per heavy atom. The van der Waals surface area contributed by atoms with E-state index in [4.69, 9.17) is 0 Å². The normalized spacial score (nSPS) is 10.6. The van der Waals surface area contributed by atoms with E-state index in [1.807, 2.05) is 54.9 Å². The smallest absolute Gasteiger partial charge is 0.255 e. The van der Waals surface area contributed by atoms with E-state index in [-0.39, 0.29) is 11.8 Å². The molecule has 2 amide bonds. The summed E-state index contributed by atoms with van der Waals surface area (Å²) in [5, 5.41) is 7.37. The highest BCUT2D eigenvalue weighted by Gasteiger charge is 2.17. The van der Waals surface area contributed by atoms with Crippen LogP contribution in [-0.4, -0.2) is 40.6 Å². The fraction of sp³-hybridized carbons (Fsp3) is 0.261. The van der Waals surface area contributed by atoms with Crippen molar-refractivity contribution in [2.75, 3.05) is 14.1 Å². The molecule has 1 N–H and O–H groups in total. The molecule has 6 nitrogen and oxygen atoms in total. The zero-order chi connectivity index (χ0) is 21.0. The van der Waals surface area contributed by atoms with Gasteiger partial charge < -0.3 is 10.2 Å². The van der Waals surface area contributed by atoms with Crippen molar-refractivity contribution in [3.63, 3.8) is 0 Å². The third-order valence-corrected chi connectivity index (χ3v) is 4.79. The summed E-state index contributed by atoms with van der Waals surface area (Å²) in [7, 11) is 3.44. The van der Waals surface area contributed by atoms with Gasteiger partial charge in [0.15, 0.2) is 0 Å². The van der Waals surface area contributed by atoms with E-state index in [1.165, 1.54) is 10.5 Å². The van der Waals surface area contributed by atoms with Gasteiger partial charge >= 0.3 is 0 Å². The number of hydrogen-bond acceptors (Lipinski definition) is 3. The summed E-state index contributed by atoms with van der Waals surface area (Å²) < 4.78 is 1.82. The average molecular weight is 390 g/mol. The number of aryl methyl sites for hydroxylation is 1. The van der Waals surface area contributed by atoms with Crippen molar-refractivity contribution >= 4 is 11.8 Å². The molecule has 0 atom stereocenters. The Morgan fingerprint density at radius 3 is 2.28 bits per heavy atom. The lowest BCUT2D eigenvalue weighted by molar-refractivity contribution is 0.0827. The lowest BCUT2D eigenvalue weighted by Gasteiger charge is -2.11. The maximum Gasteiger partial charge on any atom is 0.255 e. The minimum Gasteiger partial charge on any atom is -0.348 e. The van der Waals surface area contributed by atoms with E-state index in [0.717, 1.165) is 16.9 Å². The first-order valence-corrected chi connectivity index (χ1v) is 9.63. The molecular formula is C23H26N4O2. The van der Waals surface area contributed by atoms with E-state index in [9.17, 15) is 9.59 Å². The molecule has 0 aliphatic rings. The summed E-state index contributed by atoms with van der Waals surface area (Å²) in [4.78, 5) is 26.2. The Balaban J connectivity index is 1.71. The number of carbonyl (C=O) groups is 2. The van der Waals surface area contributed by atoms with Crippen LogP contribution in [0.15, 0.2) is 54.7 Å². The first kappa shape index (κ1) is 20.3. The highest BCUT2D eigenvalue weighted by Crippen LogP contribution is 2.17. The molecule has 0 radical (unpaired) electrons. The maximum absolute atomic E-state index is 12.7. The minimum absolute atomic E-state index is 0.0447. The van der Waals surface area contributed by atoms with Crippen molar-refractivity contribution in [3.05, 3.63) is 82.7 Å². The standard InChI is InChI=1S/C23H26N4O2/c1-5-21-20(15-25-27(21)19-12-6-16(2)7-13-19)22(28)24-14-17-8-10-18(11-9-17)23(29)26(3)4/h6-13,15H,5,14H2,1-4H3,(H,24,28). The second-order valence-electron chi connectivity index (χ2n) is 7.19. The molecule has 2 aromatic carbocycles. The fourth-order valence-corrected chi connectivity index (χ4v) is 3.11. The van der Waals surface area contributed by atoms with Gasteiger partial charge in [-0.1, -0.05) is 36.8 Å². The number of aromatic nitrogens is 2. The Morgan fingerprint density at radius 2 is 1.69 bits per heavy atom. The fourth-order valence-electron chi connectivity index (χ4n) is 3.11. The third kappa shape index (κ3) is 4.54. The quantitative estimate of drug-likeness (QED) is 0.702. The number of nitrogens with one attached hydrogen (secondary N) is 1. The lowest BCUT2D eigenvalue weighted by atomic mass is 10.1. The SMILES string of the molecule is CCc1c(C(=O)NCc2ccc(C(=O)N(C)C)cc2)cnn1-c1ccc(C)cc1. The van der Waals surface area contributed by atoms with Crippen molar-refractivity contribution in [1.82, 2.24) is 20.0 Å². The van der Waals surface area contributed by atoms with Gasteiger partial charge in [-0.05, 0) is 43.2 Å². The number of benzene rings is 2. The molecule has 3 aromatic rings. The first-order valence-electron chi connectivity index (χ1n) is 9.63. The summed E-state index contributed by atoms with van der Waals surface area (Å²) in [6, 6.07) is 15.3. The zero-order valence-corrected chi connectivity index (χ0v) is 17.3. The number of nitrogens with zero attached hydrogens (tertiary/aromatic N) is 3. The highest BCUT2D eigenvalue weighted by atomic mass is 16.2. The van der Waals surface area contributed by atoms with Crippen molar-refractivity contribution in [1.29, 1.82) is 0 Å². The van der Waals surface area contributed by atoms with Gasteiger partial charge in [-0.3, -0.25) is 9.59 Å². The molecule has 0 bridgehead atoms. The minimum atomic E-state index is -0.159. The second kappa shape index (κ2) is 8.73. The van der Waals surface area contributed by atoms with Crippen LogP contribution in [0.4, 0.5) is 0 Å². The monoisotopic (exact) mass is 390 g/mol. The van der Waals surface area contributed by atoms with Crippen LogP contribution in [0, 0.1) is 6.92 Å². The molecule has 0 fully saturated rings. The van der Waals surface area contributed by atoms with Crippen LogP contribution in [0.25, 0.3) is 5.69 Å². The summed E-state index contributed by atoms with van der Waals surface area (Å²) in [5.74, 6) is -0.203. The molecule has 0 saturated carbocycles. The van der Waals surface area contributed by atoms with Gasteiger partial charge in [0.05, 0.1) is 23.1 Å². The molecule has 6 heteroatoms. The predicted octanol–water partition coefficient (Wildman–Crippen LogP) is 3.37. The number of carbonyl (C=O) groups excluding carboxylic acids is 2. The van der Waals surface area contributed by atoms with Crippen molar-refractivity contribution < 1.29 is 9.59 Å². The predicted molar refractivity (Wildman–Crippen MR) is 113 cm³/mol. The van der Waals surface area contributed by atoms with Crippen molar-refractivity contribution in [2.45, 2.75) is 26.8 Å². The number of rotatable bonds is 6. The van der Waals surface area contributed by atoms with E-state index in [1.54, 1.807) is 32.4 Å². The van der Waals surface area contributed by atoms with Gasteiger partial charge in [0.2, 0.25) is 0 Å². The highest BCUT2D eigenvalue weighted by molar-refractivity contribution is 5.95. The van der Waals surface area contributed by atoms with Crippen LogP contribution >= 0.6 is 0 Å². The van der Waals surface area contributed by atoms with Gasteiger partial charge in [-0.25, -0.2) is 4.68 Å². The molecule has 150 valence electrons. The van der Waals surface area contributed by atoms with Gasteiger partial charge in [0, 0.05) is 26.2 Å². The molecule has 29 heavy (non-hydrogen) atoms. The molecule has 0 spiro atoms. The first-order chi connectivity index (χ1) is 13.9. The van der Waals surface area contributed by atoms with Crippen molar-refractivity contribution in [3.8, 4) is 5.69 Å². The van der Waals surface area contributed by atoms with Gasteiger partial charge in [-0.15, -0.1) is 0 Å². The third-order valence-electron chi connectivity index (χ3n) is 4.79. The largest absolute Gasteiger partial charge is 0.348 e. The molecule has 0 saturated heterocycles. The number of amides is 2. The average Bonchev–Trinajstić information content (AvgIpc) is 3.16. The Hall–Kier alpha value is -3.41. The molecule has 1 heterocycles. The van der Waals surface area contributed by atoms with Crippen LogP contribution < -0.4 is 5.32 Å². The van der Waals surface area contributed by atoms with E-state index in [2.05, 4.69) is 10.4 Å². The van der Waals surface area contributed by atoms with Gasteiger partial charge in [-0.2, -0.15) is 5.10 Å². The summed E-state index contributed by atoms with van der Waals surface area (Å²) in [5.41, 5.74) is 5.11. The van der Waals surface area contributed by atoms with Crippen LogP contribution in [0.3, 0.4) is 0 Å². The van der Waals surface area contributed by atoms with E-state index in [0.29, 0.717) is 24.1 Å². The Kier molecular flexibility index (Phi) is 6.12. The molecule has 0 aliphatic carbocycles. The van der Waals surface area contributed by atoms with Gasteiger partial charge in [0.25, 0.3) is 11.8 Å². The lowest BCUT2D eigenvalue weighted by Crippen LogP contribution is -2.24. The molecule has 1 aromatic heterocycles. The Bertz CT molecular complexity index is 1000. The second-order valence-corrected chi connectivity index (χ2v) is 7.19. The van der Waals surface area contributed by atoms with E-state index < -0.39 is 0 Å². The Labute approximate surface area is 171 Å². The molecule has 0 aliphatic heterocycles. The van der Waals surface area contributed by atoms with Gasteiger partial charge in [0.1, 0.15) is 0 Å². The molecule has 3 rings (SSSR count). The maximum atomic E-state index is 12.7. The summed E-state index contributed by atoms with van der Waals surface area (Å²) in [6.07, 6.45) is 2.31. The number of hydrogen-bond donors (Lipinski definition) is 1. The topological polar surface area (TPSA) is 67.2 Å². The molecular weight excluding hydrogens is 364 g/mol. The van der Waals surface area contributed by atoms with E-state index >= 15 is 0 Å². The zero-order valence-electron chi connectivity index (χ0n) is 17.3. The van der Waals surface area contributed by atoms with Crippen molar-refractivity contribution in [2.24, 2.45) is 0 Å². The van der Waals surface area contributed by atoms with Crippen LogP contribution in [-0.2, 0) is 13.0 Å². The van der Waals surface area contributed by atoms with Crippen LogP contribution in [0.5, 0.6) is 0 Å². The summed E-state index contributed by atoms with van der Waals surface area (Å²) in [6.45, 7) is 4.43. The van der Waals surface area contributed by atoms with Crippen LogP contribution in [0.1, 0.15) is 44.5 Å². The molecule has 0 unspecified atom stereocenters. The summed E-state index contributed by atoms with van der Waals surface area (Å²) >= 11 is 0. The van der Waals surface area contributed by atoms with Crippen LogP contribution in [0.2, 0.25) is 0 Å².